The second-order valence-corrected chi connectivity index (χ2v) is 10.0. The Labute approximate surface area is 178 Å². The summed E-state index contributed by atoms with van der Waals surface area (Å²) in [6.45, 7) is 14.2. The Morgan fingerprint density at radius 2 is 1.63 bits per heavy atom. The van der Waals surface area contributed by atoms with Crippen LogP contribution < -0.4 is 9.80 Å². The van der Waals surface area contributed by atoms with Crippen LogP contribution in [0.2, 0.25) is 0 Å². The fourth-order valence-corrected chi connectivity index (χ4v) is 3.94. The third-order valence-electron chi connectivity index (χ3n) is 5.91. The monoisotopic (exact) mass is 418 g/mol. The molecule has 2 aliphatic rings. The van der Waals surface area contributed by atoms with Crippen molar-refractivity contribution in [2.75, 3.05) is 49.1 Å². The zero-order valence-electron chi connectivity index (χ0n) is 18.8. The number of piperidine rings is 1. The number of nitro benzene ring substituents is 1. The number of anilines is 2. The molecule has 0 bridgehead atoms. The molecule has 166 valence electrons. The Kier molecular flexibility index (Phi) is 6.15. The van der Waals surface area contributed by atoms with Gasteiger partial charge in [0.1, 0.15) is 11.3 Å². The second-order valence-electron chi connectivity index (χ2n) is 10.0. The SMILES string of the molecule is CC1(C)CCN(c2cc(N3CCN(C(=O)OC(C)(C)C)CC3)ccc2[N+](=O)[O-])CC1. The van der Waals surface area contributed by atoms with Crippen molar-refractivity contribution in [3.8, 4) is 0 Å². The van der Waals surface area contributed by atoms with Crippen LogP contribution in [0.4, 0.5) is 21.9 Å². The lowest BCUT2D eigenvalue weighted by atomic mass is 9.82. The Balaban J connectivity index is 1.72. The minimum Gasteiger partial charge on any atom is -0.444 e. The van der Waals surface area contributed by atoms with Crippen molar-refractivity contribution in [1.29, 1.82) is 0 Å². The van der Waals surface area contributed by atoms with Crippen LogP contribution in [0.3, 0.4) is 0 Å². The lowest BCUT2D eigenvalue weighted by Gasteiger charge is -2.39. The molecule has 0 spiro atoms. The topological polar surface area (TPSA) is 79.2 Å². The van der Waals surface area contributed by atoms with Crippen LogP contribution in [-0.4, -0.2) is 60.8 Å². The van der Waals surface area contributed by atoms with Crippen molar-refractivity contribution in [3.63, 3.8) is 0 Å². The van der Waals surface area contributed by atoms with Gasteiger partial charge in [0, 0.05) is 51.0 Å². The van der Waals surface area contributed by atoms with Crippen LogP contribution >= 0.6 is 0 Å². The van der Waals surface area contributed by atoms with E-state index in [1.807, 2.05) is 32.9 Å². The number of carbonyl (C=O) groups excluding carboxylic acids is 1. The molecule has 0 saturated carbocycles. The number of hydrogen-bond acceptors (Lipinski definition) is 6. The number of ether oxygens (including phenoxy) is 1. The Morgan fingerprint density at radius 3 is 2.17 bits per heavy atom. The first-order valence-electron chi connectivity index (χ1n) is 10.7. The van der Waals surface area contributed by atoms with E-state index in [1.165, 1.54) is 0 Å². The molecular weight excluding hydrogens is 384 g/mol. The molecule has 3 rings (SSSR count). The number of hydrogen-bond donors (Lipinski definition) is 0. The zero-order valence-corrected chi connectivity index (χ0v) is 18.8. The smallest absolute Gasteiger partial charge is 0.410 e. The van der Waals surface area contributed by atoms with Gasteiger partial charge in [0.2, 0.25) is 0 Å². The van der Waals surface area contributed by atoms with Crippen molar-refractivity contribution >= 4 is 23.2 Å². The Morgan fingerprint density at radius 1 is 1.03 bits per heavy atom. The van der Waals surface area contributed by atoms with Gasteiger partial charge in [0.15, 0.2) is 0 Å². The summed E-state index contributed by atoms with van der Waals surface area (Å²) in [6, 6.07) is 5.38. The maximum absolute atomic E-state index is 12.3. The zero-order chi connectivity index (χ0) is 22.1. The number of amides is 1. The molecule has 1 aromatic rings. The molecule has 2 saturated heterocycles. The van der Waals surface area contributed by atoms with Gasteiger partial charge in [0.05, 0.1) is 4.92 Å². The lowest BCUT2D eigenvalue weighted by molar-refractivity contribution is -0.384. The molecule has 1 aromatic carbocycles. The van der Waals surface area contributed by atoms with E-state index in [4.69, 9.17) is 4.74 Å². The molecule has 0 aliphatic carbocycles. The first kappa shape index (κ1) is 22.2. The first-order chi connectivity index (χ1) is 14.0. The highest BCUT2D eigenvalue weighted by atomic mass is 16.6. The first-order valence-corrected chi connectivity index (χ1v) is 10.7. The van der Waals surface area contributed by atoms with E-state index in [1.54, 1.807) is 11.0 Å². The van der Waals surface area contributed by atoms with E-state index in [0.717, 1.165) is 31.6 Å². The van der Waals surface area contributed by atoms with Gasteiger partial charge in [-0.05, 0) is 51.2 Å². The quantitative estimate of drug-likeness (QED) is 0.538. The molecule has 0 N–H and O–H groups in total. The van der Waals surface area contributed by atoms with Gasteiger partial charge < -0.3 is 19.4 Å². The fraction of sp³-hybridized carbons (Fsp3) is 0.682. The van der Waals surface area contributed by atoms with Crippen molar-refractivity contribution in [1.82, 2.24) is 4.90 Å². The van der Waals surface area contributed by atoms with E-state index in [2.05, 4.69) is 23.6 Å². The van der Waals surface area contributed by atoms with Gasteiger partial charge in [-0.3, -0.25) is 10.1 Å². The normalized spacial score (nSPS) is 19.6. The third-order valence-corrected chi connectivity index (χ3v) is 5.91. The number of benzene rings is 1. The Hall–Kier alpha value is -2.51. The molecule has 0 radical (unpaired) electrons. The predicted molar refractivity (Wildman–Crippen MR) is 118 cm³/mol. The Bertz CT molecular complexity index is 785. The van der Waals surface area contributed by atoms with Crippen LogP contribution in [0.15, 0.2) is 18.2 Å². The van der Waals surface area contributed by atoms with Crippen molar-refractivity contribution in [2.45, 2.75) is 53.1 Å². The summed E-state index contributed by atoms with van der Waals surface area (Å²) in [5, 5.41) is 11.6. The van der Waals surface area contributed by atoms with E-state index in [-0.39, 0.29) is 22.1 Å². The van der Waals surface area contributed by atoms with Gasteiger partial charge in [-0.25, -0.2) is 4.79 Å². The molecule has 2 heterocycles. The van der Waals surface area contributed by atoms with Gasteiger partial charge in [0.25, 0.3) is 5.69 Å². The molecule has 30 heavy (non-hydrogen) atoms. The van der Waals surface area contributed by atoms with Crippen LogP contribution in [0.1, 0.15) is 47.5 Å². The number of nitrogens with zero attached hydrogens (tertiary/aromatic N) is 4. The highest BCUT2D eigenvalue weighted by Gasteiger charge is 2.30. The molecule has 0 unspecified atom stereocenters. The van der Waals surface area contributed by atoms with Crippen LogP contribution in [0, 0.1) is 15.5 Å². The maximum atomic E-state index is 12.3. The van der Waals surface area contributed by atoms with E-state index in [9.17, 15) is 14.9 Å². The number of rotatable bonds is 3. The van der Waals surface area contributed by atoms with Crippen LogP contribution in [-0.2, 0) is 4.74 Å². The average Bonchev–Trinajstić information content (AvgIpc) is 2.66. The highest BCUT2D eigenvalue weighted by Crippen LogP contribution is 2.38. The summed E-state index contributed by atoms with van der Waals surface area (Å²) in [7, 11) is 0. The molecular formula is C22H34N4O4. The van der Waals surface area contributed by atoms with E-state index >= 15 is 0 Å². The van der Waals surface area contributed by atoms with Crippen molar-refractivity contribution < 1.29 is 14.5 Å². The summed E-state index contributed by atoms with van der Waals surface area (Å²) in [5.74, 6) is 0. The summed E-state index contributed by atoms with van der Waals surface area (Å²) in [6.07, 6.45) is 1.74. The largest absolute Gasteiger partial charge is 0.444 e. The van der Waals surface area contributed by atoms with Crippen molar-refractivity contribution in [3.05, 3.63) is 28.3 Å². The summed E-state index contributed by atoms with van der Waals surface area (Å²) in [5.41, 5.74) is 1.59. The molecule has 2 aliphatic heterocycles. The summed E-state index contributed by atoms with van der Waals surface area (Å²) < 4.78 is 5.46. The molecule has 0 atom stereocenters. The van der Waals surface area contributed by atoms with Crippen LogP contribution in [0.25, 0.3) is 0 Å². The summed E-state index contributed by atoms with van der Waals surface area (Å²) >= 11 is 0. The highest BCUT2D eigenvalue weighted by molar-refractivity contribution is 5.71. The summed E-state index contributed by atoms with van der Waals surface area (Å²) in [4.78, 5) is 29.7. The van der Waals surface area contributed by atoms with Crippen molar-refractivity contribution in [2.24, 2.45) is 5.41 Å². The predicted octanol–water partition coefficient (Wildman–Crippen LogP) is 4.28. The lowest BCUT2D eigenvalue weighted by Crippen LogP contribution is -2.50. The fourth-order valence-electron chi connectivity index (χ4n) is 3.94. The van der Waals surface area contributed by atoms with Crippen LogP contribution in [0.5, 0.6) is 0 Å². The van der Waals surface area contributed by atoms with Gasteiger partial charge >= 0.3 is 6.09 Å². The third kappa shape index (κ3) is 5.34. The van der Waals surface area contributed by atoms with E-state index in [0.29, 0.717) is 31.9 Å². The molecule has 8 heteroatoms. The minimum atomic E-state index is -0.509. The molecule has 2 fully saturated rings. The number of carbonyl (C=O) groups is 1. The molecule has 0 aromatic heterocycles. The standard InChI is InChI=1S/C22H34N4O4/c1-21(2,3)30-20(27)25-14-12-23(13-15-25)17-6-7-18(26(28)29)19(16-17)24-10-8-22(4,5)9-11-24/h6-7,16H,8-15H2,1-5H3. The molecule has 8 nitrogen and oxygen atoms in total. The van der Waals surface area contributed by atoms with Gasteiger partial charge in [-0.2, -0.15) is 0 Å². The number of piperazine rings is 1. The van der Waals surface area contributed by atoms with Gasteiger partial charge in [-0.15, -0.1) is 0 Å². The average molecular weight is 419 g/mol. The minimum absolute atomic E-state index is 0.158. The molecule has 1 amide bonds. The van der Waals surface area contributed by atoms with Gasteiger partial charge in [-0.1, -0.05) is 13.8 Å². The number of nitro groups is 1. The maximum Gasteiger partial charge on any atom is 0.410 e. The van der Waals surface area contributed by atoms with E-state index < -0.39 is 5.60 Å². The second kappa shape index (κ2) is 8.32.